The van der Waals surface area contributed by atoms with Crippen LogP contribution in [0.3, 0.4) is 0 Å². The molecule has 0 bridgehead atoms. The predicted molar refractivity (Wildman–Crippen MR) is 80.0 cm³/mol. The molecule has 1 fully saturated rings. The Bertz CT molecular complexity index is 587. The van der Waals surface area contributed by atoms with Crippen LogP contribution in [0, 0.1) is 6.92 Å². The average Bonchev–Trinajstić information content (AvgIpc) is 2.63. The molecule has 0 radical (unpaired) electrons. The molecular formula is C14H20ClF3N4O. The summed E-state index contributed by atoms with van der Waals surface area (Å²) in [5.41, 5.74) is 1.20. The number of hydrogen-bond acceptors (Lipinski definition) is 3. The first-order valence-electron chi connectivity index (χ1n) is 7.35. The second-order valence-corrected chi connectivity index (χ2v) is 6.30. The number of alkyl halides is 3. The highest BCUT2D eigenvalue weighted by Gasteiger charge is 2.46. The van der Waals surface area contributed by atoms with E-state index < -0.39 is 12.2 Å². The predicted octanol–water partition coefficient (Wildman–Crippen LogP) is 2.41. The largest absolute Gasteiger partial charge is 0.404 e. The van der Waals surface area contributed by atoms with Crippen LogP contribution in [0.25, 0.3) is 0 Å². The molecule has 9 heteroatoms. The van der Waals surface area contributed by atoms with Crippen LogP contribution in [-0.4, -0.2) is 45.4 Å². The summed E-state index contributed by atoms with van der Waals surface area (Å²) in [7, 11) is 1.65. The maximum atomic E-state index is 13.3. The van der Waals surface area contributed by atoms with E-state index in [1.54, 1.807) is 14.0 Å². The van der Waals surface area contributed by atoms with Crippen molar-refractivity contribution in [2.24, 2.45) is 7.05 Å². The van der Waals surface area contributed by atoms with Gasteiger partial charge in [0.05, 0.1) is 5.69 Å². The van der Waals surface area contributed by atoms with E-state index in [-0.39, 0.29) is 31.5 Å². The van der Waals surface area contributed by atoms with Gasteiger partial charge in [0.2, 0.25) is 5.91 Å². The number of aryl methyl sites for hydroxylation is 2. The standard InChI is InChI=1S/C14H20ClF3N4O/c1-8-11(13(15)21(3)20-8)7-22-6-10(19-9(2)23)4-5-12(22)14(16,17)18/h10,12H,4-7H2,1-3H3,(H,19,23)/t10-,12+/m0/s1. The van der Waals surface area contributed by atoms with Crippen molar-refractivity contribution in [3.63, 3.8) is 0 Å². The lowest BCUT2D eigenvalue weighted by Gasteiger charge is -2.40. The van der Waals surface area contributed by atoms with Crippen LogP contribution in [0.15, 0.2) is 0 Å². The lowest BCUT2D eigenvalue weighted by atomic mass is 9.97. The Morgan fingerprint density at radius 3 is 2.57 bits per heavy atom. The number of hydrogen-bond donors (Lipinski definition) is 1. The molecular weight excluding hydrogens is 333 g/mol. The molecule has 0 saturated carbocycles. The van der Waals surface area contributed by atoms with Gasteiger partial charge in [-0.3, -0.25) is 14.4 Å². The first-order valence-corrected chi connectivity index (χ1v) is 7.73. The fourth-order valence-corrected chi connectivity index (χ4v) is 3.28. The number of likely N-dealkylation sites (tertiary alicyclic amines) is 1. The minimum absolute atomic E-state index is 0.0502. The molecule has 1 aliphatic rings. The van der Waals surface area contributed by atoms with Crippen LogP contribution < -0.4 is 5.32 Å². The molecule has 0 unspecified atom stereocenters. The molecule has 1 saturated heterocycles. The highest BCUT2D eigenvalue weighted by Crippen LogP contribution is 2.34. The lowest BCUT2D eigenvalue weighted by molar-refractivity contribution is -0.194. The van der Waals surface area contributed by atoms with Gasteiger partial charge in [0, 0.05) is 38.7 Å². The molecule has 1 aliphatic heterocycles. The Kier molecular flexibility index (Phi) is 5.25. The number of halogens is 4. The number of piperidine rings is 1. The van der Waals surface area contributed by atoms with E-state index >= 15 is 0 Å². The lowest BCUT2D eigenvalue weighted by Crippen LogP contribution is -2.55. The maximum Gasteiger partial charge on any atom is 0.404 e. The third-order valence-corrected chi connectivity index (χ3v) is 4.57. The molecule has 5 nitrogen and oxygen atoms in total. The minimum Gasteiger partial charge on any atom is -0.352 e. The normalized spacial score (nSPS) is 23.1. The number of nitrogens with zero attached hydrogens (tertiary/aromatic N) is 3. The molecule has 0 aromatic carbocycles. The second-order valence-electron chi connectivity index (χ2n) is 5.94. The van der Waals surface area contributed by atoms with Crippen molar-refractivity contribution in [3.05, 3.63) is 16.4 Å². The van der Waals surface area contributed by atoms with Crippen molar-refractivity contribution >= 4 is 17.5 Å². The number of amides is 1. The zero-order valence-corrected chi connectivity index (χ0v) is 14.0. The van der Waals surface area contributed by atoms with Crippen LogP contribution in [0.5, 0.6) is 0 Å². The molecule has 0 aliphatic carbocycles. The molecule has 130 valence electrons. The first kappa shape index (κ1) is 18.1. The van der Waals surface area contributed by atoms with Crippen molar-refractivity contribution in [1.82, 2.24) is 20.0 Å². The first-order chi connectivity index (χ1) is 10.6. The fraction of sp³-hybridized carbons (Fsp3) is 0.714. The van der Waals surface area contributed by atoms with E-state index in [4.69, 9.17) is 11.6 Å². The number of nitrogens with one attached hydrogen (secondary N) is 1. The zero-order chi connectivity index (χ0) is 17.4. The van der Waals surface area contributed by atoms with Crippen LogP contribution >= 0.6 is 11.6 Å². The van der Waals surface area contributed by atoms with Crippen LogP contribution in [0.2, 0.25) is 5.15 Å². The molecule has 2 heterocycles. The second kappa shape index (κ2) is 6.68. The molecule has 23 heavy (non-hydrogen) atoms. The summed E-state index contributed by atoms with van der Waals surface area (Å²) in [4.78, 5) is 12.5. The molecule has 1 amide bonds. The minimum atomic E-state index is -4.32. The van der Waals surface area contributed by atoms with E-state index in [0.29, 0.717) is 22.8 Å². The topological polar surface area (TPSA) is 50.2 Å². The van der Waals surface area contributed by atoms with Gasteiger partial charge in [-0.1, -0.05) is 11.6 Å². The van der Waals surface area contributed by atoms with Gasteiger partial charge in [0.1, 0.15) is 11.2 Å². The van der Waals surface area contributed by atoms with Gasteiger partial charge in [-0.05, 0) is 19.8 Å². The van der Waals surface area contributed by atoms with Crippen LogP contribution in [-0.2, 0) is 18.4 Å². The SMILES string of the molecule is CC(=O)N[C@H]1CC[C@H](C(F)(F)F)N(Cc2c(C)nn(C)c2Cl)C1. The quantitative estimate of drug-likeness (QED) is 0.909. The van der Waals surface area contributed by atoms with Gasteiger partial charge in [0.25, 0.3) is 0 Å². The van der Waals surface area contributed by atoms with Gasteiger partial charge in [0.15, 0.2) is 0 Å². The van der Waals surface area contributed by atoms with E-state index in [1.165, 1.54) is 16.5 Å². The number of aromatic nitrogens is 2. The Balaban J connectivity index is 2.22. The summed E-state index contributed by atoms with van der Waals surface area (Å²) >= 11 is 6.14. The van der Waals surface area contributed by atoms with Crippen molar-refractivity contribution in [2.75, 3.05) is 6.54 Å². The Hall–Kier alpha value is -1.28. The maximum absolute atomic E-state index is 13.3. The van der Waals surface area contributed by atoms with E-state index in [1.807, 2.05) is 0 Å². The Labute approximate surface area is 137 Å². The molecule has 0 spiro atoms. The average molecular weight is 353 g/mol. The van der Waals surface area contributed by atoms with E-state index in [0.717, 1.165) is 0 Å². The summed E-state index contributed by atoms with van der Waals surface area (Å²) < 4.78 is 41.4. The third kappa shape index (κ3) is 4.17. The van der Waals surface area contributed by atoms with Crippen molar-refractivity contribution in [3.8, 4) is 0 Å². The highest BCUT2D eigenvalue weighted by molar-refractivity contribution is 6.30. The number of carbonyl (C=O) groups excluding carboxylic acids is 1. The van der Waals surface area contributed by atoms with E-state index in [2.05, 4.69) is 10.4 Å². The molecule has 1 aromatic heterocycles. The molecule has 1 aromatic rings. The van der Waals surface area contributed by atoms with Gasteiger partial charge in [-0.25, -0.2) is 0 Å². The van der Waals surface area contributed by atoms with E-state index in [9.17, 15) is 18.0 Å². The summed E-state index contributed by atoms with van der Waals surface area (Å²) in [5.74, 6) is -0.240. The van der Waals surface area contributed by atoms with Crippen molar-refractivity contribution < 1.29 is 18.0 Å². The smallest absolute Gasteiger partial charge is 0.352 e. The molecule has 2 atom stereocenters. The Morgan fingerprint density at radius 1 is 1.43 bits per heavy atom. The van der Waals surface area contributed by atoms with Gasteiger partial charge in [-0.15, -0.1) is 0 Å². The zero-order valence-electron chi connectivity index (χ0n) is 13.2. The summed E-state index contributed by atoms with van der Waals surface area (Å²) in [6.07, 6.45) is -4.06. The molecule has 1 N–H and O–H groups in total. The summed E-state index contributed by atoms with van der Waals surface area (Å²) in [6.45, 7) is 3.27. The summed E-state index contributed by atoms with van der Waals surface area (Å²) in [5, 5.41) is 7.18. The third-order valence-electron chi connectivity index (χ3n) is 4.10. The van der Waals surface area contributed by atoms with Gasteiger partial charge >= 0.3 is 6.18 Å². The van der Waals surface area contributed by atoms with Crippen LogP contribution in [0.4, 0.5) is 13.2 Å². The number of carbonyl (C=O) groups is 1. The highest BCUT2D eigenvalue weighted by atomic mass is 35.5. The van der Waals surface area contributed by atoms with Gasteiger partial charge < -0.3 is 5.32 Å². The van der Waals surface area contributed by atoms with Gasteiger partial charge in [-0.2, -0.15) is 18.3 Å². The number of rotatable bonds is 3. The van der Waals surface area contributed by atoms with Crippen molar-refractivity contribution in [2.45, 2.75) is 51.5 Å². The van der Waals surface area contributed by atoms with Crippen molar-refractivity contribution in [1.29, 1.82) is 0 Å². The Morgan fingerprint density at radius 2 is 2.09 bits per heavy atom. The monoisotopic (exact) mass is 352 g/mol. The fourth-order valence-electron chi connectivity index (χ4n) is 3.05. The molecule has 2 rings (SSSR count). The summed E-state index contributed by atoms with van der Waals surface area (Å²) in [6, 6.07) is -1.83. The van der Waals surface area contributed by atoms with Crippen LogP contribution in [0.1, 0.15) is 31.0 Å².